The molecular weight excluding hydrogens is 617 g/mol. The summed E-state index contributed by atoms with van der Waals surface area (Å²) in [7, 11) is 0. The molecular formula is C49H42N2. The molecule has 2 heteroatoms. The molecule has 4 atom stereocenters. The predicted octanol–water partition coefficient (Wildman–Crippen LogP) is 13.0. The number of hydrogen-bond donors (Lipinski definition) is 0. The number of allylic oxidation sites excluding steroid dienone is 11. The maximum absolute atomic E-state index is 2.71. The Bertz CT molecular complexity index is 2610. The molecule has 0 aliphatic heterocycles. The molecule has 2 aromatic heterocycles. The van der Waals surface area contributed by atoms with Gasteiger partial charge in [0.15, 0.2) is 0 Å². The van der Waals surface area contributed by atoms with E-state index in [-0.39, 0.29) is 0 Å². The Balaban J connectivity index is 1.05. The maximum Gasteiger partial charge on any atom is 0.0538 e. The monoisotopic (exact) mass is 658 g/mol. The molecule has 0 N–H and O–H groups in total. The SMILES string of the molecule is C[C@H]1C(n2c3c(c4cc(-c5ccc6c(c5)c5ccccc5n6C5=CC(c6ccccc6)=CCC5)ccc42)C=CC2CC[C@@H]32)=CC=C2C=CCCC21. The molecule has 2 unspecified atom stereocenters. The molecule has 1 saturated carbocycles. The largest absolute Gasteiger partial charge is 0.316 e. The van der Waals surface area contributed by atoms with E-state index in [0.717, 1.165) is 12.8 Å². The average Bonchev–Trinajstić information content (AvgIpc) is 3.67. The summed E-state index contributed by atoms with van der Waals surface area (Å²) in [5.74, 6) is 2.41. The zero-order valence-corrected chi connectivity index (χ0v) is 29.2. The molecule has 5 aliphatic carbocycles. The summed E-state index contributed by atoms with van der Waals surface area (Å²) in [5.41, 5.74) is 16.5. The van der Waals surface area contributed by atoms with Gasteiger partial charge in [-0.25, -0.2) is 0 Å². The highest BCUT2D eigenvalue weighted by Crippen LogP contribution is 2.53. The molecule has 248 valence electrons. The summed E-state index contributed by atoms with van der Waals surface area (Å²) < 4.78 is 5.23. The van der Waals surface area contributed by atoms with Gasteiger partial charge in [-0.2, -0.15) is 0 Å². The smallest absolute Gasteiger partial charge is 0.0538 e. The van der Waals surface area contributed by atoms with Crippen LogP contribution in [-0.4, -0.2) is 9.13 Å². The lowest BCUT2D eigenvalue weighted by Crippen LogP contribution is -2.29. The van der Waals surface area contributed by atoms with Crippen LogP contribution in [0.3, 0.4) is 0 Å². The fraction of sp³-hybridized carbons (Fsp3) is 0.224. The van der Waals surface area contributed by atoms with Crippen molar-refractivity contribution in [3.8, 4) is 11.1 Å². The van der Waals surface area contributed by atoms with Gasteiger partial charge in [-0.05, 0) is 121 Å². The van der Waals surface area contributed by atoms with Crippen LogP contribution in [0.5, 0.6) is 0 Å². The molecule has 0 bridgehead atoms. The molecule has 2 heterocycles. The lowest BCUT2D eigenvalue weighted by atomic mass is 9.68. The lowest BCUT2D eigenvalue weighted by Gasteiger charge is -2.40. The zero-order valence-electron chi connectivity index (χ0n) is 29.2. The van der Waals surface area contributed by atoms with Gasteiger partial charge in [0, 0.05) is 50.6 Å². The predicted molar refractivity (Wildman–Crippen MR) is 216 cm³/mol. The number of benzene rings is 4. The van der Waals surface area contributed by atoms with Crippen LogP contribution in [0.25, 0.3) is 66.9 Å². The van der Waals surface area contributed by atoms with Gasteiger partial charge in [0.2, 0.25) is 0 Å². The van der Waals surface area contributed by atoms with Crippen LogP contribution in [0.15, 0.2) is 139 Å². The normalized spacial score (nSPS) is 23.6. The second kappa shape index (κ2) is 11.3. The summed E-state index contributed by atoms with van der Waals surface area (Å²) in [6.07, 6.45) is 26.5. The fourth-order valence-corrected chi connectivity index (χ4v) is 10.1. The van der Waals surface area contributed by atoms with E-state index in [1.165, 1.54) is 103 Å². The topological polar surface area (TPSA) is 9.86 Å². The summed E-state index contributed by atoms with van der Waals surface area (Å²) in [6.45, 7) is 2.47. The number of para-hydroxylation sites is 1. The van der Waals surface area contributed by atoms with Crippen molar-refractivity contribution in [2.75, 3.05) is 0 Å². The van der Waals surface area contributed by atoms with Gasteiger partial charge in [0.1, 0.15) is 0 Å². The minimum absolute atomic E-state index is 0.497. The highest BCUT2D eigenvalue weighted by molar-refractivity contribution is 6.12. The third-order valence-electron chi connectivity index (χ3n) is 12.9. The molecule has 11 rings (SSSR count). The summed E-state index contributed by atoms with van der Waals surface area (Å²) >= 11 is 0. The van der Waals surface area contributed by atoms with Gasteiger partial charge in [0.25, 0.3) is 0 Å². The molecule has 0 spiro atoms. The van der Waals surface area contributed by atoms with Crippen LogP contribution in [0.2, 0.25) is 0 Å². The lowest BCUT2D eigenvalue weighted by molar-refractivity contribution is 0.304. The van der Waals surface area contributed by atoms with Crippen LogP contribution in [0.4, 0.5) is 0 Å². The molecule has 0 amide bonds. The highest BCUT2D eigenvalue weighted by atomic mass is 15.0. The number of fused-ring (bicyclic) bond motifs is 9. The molecule has 4 aromatic carbocycles. The molecule has 0 saturated heterocycles. The van der Waals surface area contributed by atoms with E-state index in [4.69, 9.17) is 0 Å². The van der Waals surface area contributed by atoms with Gasteiger partial charge >= 0.3 is 0 Å². The van der Waals surface area contributed by atoms with Gasteiger partial charge in [0.05, 0.1) is 16.6 Å². The van der Waals surface area contributed by atoms with Crippen molar-refractivity contribution >= 4 is 55.8 Å². The molecule has 1 fully saturated rings. The molecule has 51 heavy (non-hydrogen) atoms. The first-order valence-electron chi connectivity index (χ1n) is 19.2. The van der Waals surface area contributed by atoms with Crippen molar-refractivity contribution in [2.24, 2.45) is 17.8 Å². The minimum atomic E-state index is 0.497. The molecule has 0 radical (unpaired) electrons. The quantitative estimate of drug-likeness (QED) is 0.178. The standard InChI is InChI=1S/C49H42N2/c1-31-39-15-6-5-12-33(39)20-25-45(31)51-48-27-22-37(30-44(48)42-24-19-34-18-23-40(34)49(42)51)36-21-26-47-43(29-36)41-16-7-8-17-46(41)50(47)38-14-9-13-35(28-38)32-10-3-2-4-11-32/h2-5,7-8,10-13,16-17,19-22,24-31,34,39-40H,6,9,14-15,18,23H2,1H3/t31-,34?,39?,40-/m1/s1. The Kier molecular flexibility index (Phi) is 6.53. The van der Waals surface area contributed by atoms with E-state index >= 15 is 0 Å². The highest BCUT2D eigenvalue weighted by Gasteiger charge is 2.39. The van der Waals surface area contributed by atoms with Crippen molar-refractivity contribution in [1.29, 1.82) is 0 Å². The summed E-state index contributed by atoms with van der Waals surface area (Å²) in [5, 5.41) is 4.03. The second-order valence-corrected chi connectivity index (χ2v) is 15.5. The second-order valence-electron chi connectivity index (χ2n) is 15.5. The van der Waals surface area contributed by atoms with Gasteiger partial charge in [-0.15, -0.1) is 0 Å². The van der Waals surface area contributed by atoms with E-state index in [1.807, 2.05) is 0 Å². The number of rotatable bonds is 4. The Morgan fingerprint density at radius 1 is 0.627 bits per heavy atom. The van der Waals surface area contributed by atoms with E-state index in [0.29, 0.717) is 23.7 Å². The first-order chi connectivity index (χ1) is 25.2. The van der Waals surface area contributed by atoms with Crippen molar-refractivity contribution in [3.05, 3.63) is 156 Å². The van der Waals surface area contributed by atoms with Crippen LogP contribution in [0, 0.1) is 17.8 Å². The van der Waals surface area contributed by atoms with E-state index in [1.54, 1.807) is 5.69 Å². The minimum Gasteiger partial charge on any atom is -0.316 e. The van der Waals surface area contributed by atoms with E-state index in [2.05, 4.69) is 156 Å². The van der Waals surface area contributed by atoms with Crippen molar-refractivity contribution in [2.45, 2.75) is 51.4 Å². The Labute approximate surface area is 300 Å². The van der Waals surface area contributed by atoms with E-state index in [9.17, 15) is 0 Å². The average molecular weight is 659 g/mol. The number of hydrogen-bond acceptors (Lipinski definition) is 0. The first-order valence-corrected chi connectivity index (χ1v) is 19.2. The Morgan fingerprint density at radius 3 is 2.25 bits per heavy atom. The molecule has 6 aromatic rings. The third kappa shape index (κ3) is 4.42. The fourth-order valence-electron chi connectivity index (χ4n) is 10.1. The first kappa shape index (κ1) is 29.4. The van der Waals surface area contributed by atoms with Gasteiger partial charge < -0.3 is 9.13 Å². The van der Waals surface area contributed by atoms with Crippen molar-refractivity contribution in [1.82, 2.24) is 9.13 Å². The molecule has 2 nitrogen and oxygen atoms in total. The zero-order chi connectivity index (χ0) is 33.6. The third-order valence-corrected chi connectivity index (χ3v) is 12.9. The van der Waals surface area contributed by atoms with Gasteiger partial charge in [-0.3, -0.25) is 0 Å². The Hall–Kier alpha value is -5.34. The van der Waals surface area contributed by atoms with E-state index < -0.39 is 0 Å². The van der Waals surface area contributed by atoms with Crippen LogP contribution >= 0.6 is 0 Å². The van der Waals surface area contributed by atoms with Gasteiger partial charge in [-0.1, -0.05) is 104 Å². The summed E-state index contributed by atoms with van der Waals surface area (Å²) in [6, 6.07) is 34.2. The maximum atomic E-state index is 2.71. The van der Waals surface area contributed by atoms with Crippen LogP contribution < -0.4 is 0 Å². The van der Waals surface area contributed by atoms with Crippen LogP contribution in [0.1, 0.15) is 68.2 Å². The summed E-state index contributed by atoms with van der Waals surface area (Å²) in [4.78, 5) is 0. The Morgan fingerprint density at radius 2 is 1.41 bits per heavy atom. The number of nitrogens with zero attached hydrogens (tertiary/aromatic N) is 2. The van der Waals surface area contributed by atoms with Crippen molar-refractivity contribution in [3.63, 3.8) is 0 Å². The van der Waals surface area contributed by atoms with Crippen LogP contribution in [-0.2, 0) is 0 Å². The molecule has 5 aliphatic rings. The number of aromatic nitrogens is 2. The van der Waals surface area contributed by atoms with Crippen molar-refractivity contribution < 1.29 is 0 Å².